The minimum Gasteiger partial charge on any atom is -0.497 e. The zero-order valence-electron chi connectivity index (χ0n) is 18.9. The van der Waals surface area contributed by atoms with E-state index in [9.17, 15) is 4.79 Å². The minimum atomic E-state index is -0.314. The first kappa shape index (κ1) is 21.8. The van der Waals surface area contributed by atoms with Gasteiger partial charge in [0.1, 0.15) is 23.9 Å². The number of rotatable bonds is 5. The highest BCUT2D eigenvalue weighted by molar-refractivity contribution is 5.76. The largest absolute Gasteiger partial charge is 0.497 e. The lowest BCUT2D eigenvalue weighted by Crippen LogP contribution is -2.49. The standard InChI is InChI=1S/C23H33N5O3/c1-15(2)21(24)22-25-16(3)26-28(22)14-20(29)27-10-8-23(9-11-27)19-6-5-18(30-4)13-17(19)7-12-31-23/h5-6,13,15,21H,7-12,14,24H2,1-4H3/t21-/m0/s1. The predicted molar refractivity (Wildman–Crippen MR) is 117 cm³/mol. The third-order valence-electron chi connectivity index (χ3n) is 6.58. The molecule has 4 rings (SSSR count). The Morgan fingerprint density at radius 2 is 2.06 bits per heavy atom. The van der Waals surface area contributed by atoms with Crippen molar-refractivity contribution >= 4 is 5.91 Å². The van der Waals surface area contributed by atoms with Crippen LogP contribution in [0.3, 0.4) is 0 Å². The van der Waals surface area contributed by atoms with Crippen LogP contribution in [-0.4, -0.2) is 52.4 Å². The van der Waals surface area contributed by atoms with E-state index in [2.05, 4.69) is 22.2 Å². The fraction of sp³-hybridized carbons (Fsp3) is 0.609. The average molecular weight is 428 g/mol. The second-order valence-electron chi connectivity index (χ2n) is 8.94. The molecule has 3 heterocycles. The van der Waals surface area contributed by atoms with Crippen molar-refractivity contribution in [2.24, 2.45) is 11.7 Å². The summed E-state index contributed by atoms with van der Waals surface area (Å²) >= 11 is 0. The maximum atomic E-state index is 13.1. The number of methoxy groups -OCH3 is 1. The number of hydrogen-bond donors (Lipinski definition) is 1. The molecule has 0 radical (unpaired) electrons. The van der Waals surface area contributed by atoms with Crippen molar-refractivity contribution in [2.75, 3.05) is 26.8 Å². The van der Waals surface area contributed by atoms with Crippen LogP contribution in [0.1, 0.15) is 55.5 Å². The van der Waals surface area contributed by atoms with E-state index in [1.54, 1.807) is 11.8 Å². The molecule has 0 unspecified atom stereocenters. The molecular weight excluding hydrogens is 394 g/mol. The summed E-state index contributed by atoms with van der Waals surface area (Å²) in [4.78, 5) is 19.4. The summed E-state index contributed by atoms with van der Waals surface area (Å²) in [7, 11) is 1.69. The quantitative estimate of drug-likeness (QED) is 0.787. The van der Waals surface area contributed by atoms with E-state index in [1.807, 2.05) is 31.7 Å². The molecule has 8 nitrogen and oxygen atoms in total. The average Bonchev–Trinajstić information content (AvgIpc) is 3.13. The lowest BCUT2D eigenvalue weighted by atomic mass is 9.79. The predicted octanol–water partition coefficient (Wildman–Crippen LogP) is 2.34. The van der Waals surface area contributed by atoms with Gasteiger partial charge in [0, 0.05) is 13.1 Å². The van der Waals surface area contributed by atoms with E-state index in [0.717, 1.165) is 25.0 Å². The summed E-state index contributed by atoms with van der Waals surface area (Å²) in [5, 5.41) is 4.42. The molecule has 168 valence electrons. The van der Waals surface area contributed by atoms with Gasteiger partial charge in [-0.2, -0.15) is 5.10 Å². The van der Waals surface area contributed by atoms with Gasteiger partial charge in [-0.05, 0) is 55.4 Å². The molecule has 8 heteroatoms. The zero-order chi connectivity index (χ0) is 22.2. The maximum Gasteiger partial charge on any atom is 0.244 e. The number of aryl methyl sites for hydroxylation is 1. The number of carbonyl (C=O) groups excluding carboxylic acids is 1. The van der Waals surface area contributed by atoms with Gasteiger partial charge in [-0.15, -0.1) is 0 Å². The second kappa shape index (κ2) is 8.59. The van der Waals surface area contributed by atoms with Crippen LogP contribution in [-0.2, 0) is 28.1 Å². The van der Waals surface area contributed by atoms with Gasteiger partial charge in [-0.25, -0.2) is 9.67 Å². The Bertz CT molecular complexity index is 947. The number of aromatic nitrogens is 3. The Morgan fingerprint density at radius 3 is 2.74 bits per heavy atom. The monoisotopic (exact) mass is 427 g/mol. The normalized spacial score (nSPS) is 18.8. The fourth-order valence-electron chi connectivity index (χ4n) is 4.67. The van der Waals surface area contributed by atoms with Crippen LogP contribution in [0.5, 0.6) is 5.75 Å². The number of likely N-dealkylation sites (tertiary alicyclic amines) is 1. The van der Waals surface area contributed by atoms with Crippen LogP contribution in [0.25, 0.3) is 0 Å². The van der Waals surface area contributed by atoms with Crippen LogP contribution in [0.15, 0.2) is 18.2 Å². The van der Waals surface area contributed by atoms with Crippen molar-refractivity contribution in [3.05, 3.63) is 41.0 Å². The molecule has 1 aromatic carbocycles. The third kappa shape index (κ3) is 4.19. The van der Waals surface area contributed by atoms with Crippen LogP contribution < -0.4 is 10.5 Å². The van der Waals surface area contributed by atoms with E-state index in [1.165, 1.54) is 11.1 Å². The van der Waals surface area contributed by atoms with E-state index in [4.69, 9.17) is 15.2 Å². The van der Waals surface area contributed by atoms with Crippen molar-refractivity contribution in [1.29, 1.82) is 0 Å². The number of piperidine rings is 1. The minimum absolute atomic E-state index is 0.0442. The number of nitrogens with two attached hydrogens (primary N) is 1. The van der Waals surface area contributed by atoms with Gasteiger partial charge in [0.2, 0.25) is 5.91 Å². The van der Waals surface area contributed by atoms with Crippen molar-refractivity contribution in [3.63, 3.8) is 0 Å². The molecule has 1 amide bonds. The van der Waals surface area contributed by atoms with E-state index >= 15 is 0 Å². The van der Waals surface area contributed by atoms with Crippen molar-refractivity contribution in [1.82, 2.24) is 19.7 Å². The summed E-state index contributed by atoms with van der Waals surface area (Å²) in [6, 6.07) is 5.99. The first-order valence-electron chi connectivity index (χ1n) is 11.1. The Balaban J connectivity index is 1.45. The molecule has 1 saturated heterocycles. The fourth-order valence-corrected chi connectivity index (χ4v) is 4.67. The third-order valence-corrected chi connectivity index (χ3v) is 6.58. The molecule has 0 saturated carbocycles. The lowest BCUT2D eigenvalue weighted by Gasteiger charge is -2.45. The summed E-state index contributed by atoms with van der Waals surface area (Å²) < 4.78 is 13.4. The number of ether oxygens (including phenoxy) is 2. The molecule has 2 aromatic rings. The smallest absolute Gasteiger partial charge is 0.244 e. The van der Waals surface area contributed by atoms with Gasteiger partial charge in [0.15, 0.2) is 0 Å². The molecule has 2 aliphatic rings. The van der Waals surface area contributed by atoms with Gasteiger partial charge in [-0.3, -0.25) is 4.79 Å². The Labute approximate surface area is 183 Å². The zero-order valence-corrected chi connectivity index (χ0v) is 18.9. The number of fused-ring (bicyclic) bond motifs is 2. The van der Waals surface area contributed by atoms with Gasteiger partial charge >= 0.3 is 0 Å². The van der Waals surface area contributed by atoms with E-state index < -0.39 is 0 Å². The van der Waals surface area contributed by atoms with Crippen LogP contribution in [0.4, 0.5) is 0 Å². The number of hydrogen-bond acceptors (Lipinski definition) is 6. The topological polar surface area (TPSA) is 95.5 Å². The Morgan fingerprint density at radius 1 is 1.32 bits per heavy atom. The molecule has 1 fully saturated rings. The first-order valence-corrected chi connectivity index (χ1v) is 11.1. The van der Waals surface area contributed by atoms with E-state index in [0.29, 0.717) is 31.3 Å². The Hall–Kier alpha value is -2.45. The second-order valence-corrected chi connectivity index (χ2v) is 8.94. The van der Waals surface area contributed by atoms with Crippen LogP contribution >= 0.6 is 0 Å². The summed E-state index contributed by atoms with van der Waals surface area (Å²) in [5.74, 6) is 2.45. The van der Waals surface area contributed by atoms with Gasteiger partial charge in [-0.1, -0.05) is 19.9 Å². The molecule has 1 aromatic heterocycles. The molecule has 2 aliphatic heterocycles. The highest BCUT2D eigenvalue weighted by Crippen LogP contribution is 2.42. The highest BCUT2D eigenvalue weighted by atomic mass is 16.5. The Kier molecular flexibility index (Phi) is 6.03. The summed E-state index contributed by atoms with van der Waals surface area (Å²) in [5.41, 5.74) is 8.51. The van der Waals surface area contributed by atoms with Gasteiger partial charge < -0.3 is 20.1 Å². The molecule has 31 heavy (non-hydrogen) atoms. The van der Waals surface area contributed by atoms with Gasteiger partial charge in [0.05, 0.1) is 25.4 Å². The summed E-state index contributed by atoms with van der Waals surface area (Å²) in [6.07, 6.45) is 2.46. The lowest BCUT2D eigenvalue weighted by molar-refractivity contribution is -0.141. The van der Waals surface area contributed by atoms with Gasteiger partial charge in [0.25, 0.3) is 0 Å². The molecule has 0 bridgehead atoms. The number of carbonyl (C=O) groups is 1. The van der Waals surface area contributed by atoms with Crippen molar-refractivity contribution < 1.29 is 14.3 Å². The van der Waals surface area contributed by atoms with E-state index in [-0.39, 0.29) is 30.0 Å². The SMILES string of the molecule is COc1ccc2c(c1)CCOC21CCN(C(=O)Cn2nc(C)nc2[C@@H](N)C(C)C)CC1. The number of benzene rings is 1. The van der Waals surface area contributed by atoms with Crippen molar-refractivity contribution in [2.45, 2.75) is 58.2 Å². The van der Waals surface area contributed by atoms with Crippen LogP contribution in [0.2, 0.25) is 0 Å². The molecular formula is C23H33N5O3. The van der Waals surface area contributed by atoms with Crippen molar-refractivity contribution in [3.8, 4) is 5.75 Å². The maximum absolute atomic E-state index is 13.1. The molecule has 2 N–H and O–H groups in total. The first-order chi connectivity index (χ1) is 14.8. The summed E-state index contributed by atoms with van der Waals surface area (Å²) in [6.45, 7) is 8.09. The highest BCUT2D eigenvalue weighted by Gasteiger charge is 2.41. The molecule has 1 atom stereocenters. The van der Waals surface area contributed by atoms with Crippen LogP contribution in [0, 0.1) is 12.8 Å². The number of nitrogens with zero attached hydrogens (tertiary/aromatic N) is 4. The number of amides is 1. The molecule has 1 spiro atoms. The molecule has 0 aliphatic carbocycles.